The third-order valence-corrected chi connectivity index (χ3v) is 5.65. The van der Waals surface area contributed by atoms with Crippen LogP contribution in [-0.2, 0) is 4.79 Å². The van der Waals surface area contributed by atoms with Gasteiger partial charge in [-0.2, -0.15) is 0 Å². The number of rotatable bonds is 2. The van der Waals surface area contributed by atoms with E-state index in [0.717, 1.165) is 42.8 Å². The molecule has 0 bridgehead atoms. The summed E-state index contributed by atoms with van der Waals surface area (Å²) in [5.41, 5.74) is 6.62. The summed E-state index contributed by atoms with van der Waals surface area (Å²) in [5.74, 6) is 0.213. The second-order valence-corrected chi connectivity index (χ2v) is 8.11. The predicted molar refractivity (Wildman–Crippen MR) is 120 cm³/mol. The van der Waals surface area contributed by atoms with Crippen LogP contribution in [0.2, 0.25) is 0 Å². The first-order chi connectivity index (χ1) is 14.1. The van der Waals surface area contributed by atoms with Gasteiger partial charge in [0.15, 0.2) is 5.78 Å². The Morgan fingerprint density at radius 1 is 0.690 bits per heavy atom. The average molecular weight is 385 g/mol. The molecule has 2 aromatic carbocycles. The molecule has 0 saturated carbocycles. The Labute approximate surface area is 173 Å². The number of carbonyl (C=O) groups is 1. The molecule has 0 N–H and O–H groups in total. The van der Waals surface area contributed by atoms with Gasteiger partial charge in [-0.1, -0.05) is 66.7 Å². The van der Waals surface area contributed by atoms with Gasteiger partial charge >= 0.3 is 0 Å². The number of ketones is 1. The predicted octanol–water partition coefficient (Wildman–Crippen LogP) is 4.30. The molecule has 3 nitrogen and oxygen atoms in total. The Morgan fingerprint density at radius 2 is 1.24 bits per heavy atom. The Morgan fingerprint density at radius 3 is 1.86 bits per heavy atom. The first-order valence-electron chi connectivity index (χ1n) is 10.3. The molecule has 2 aromatic rings. The molecule has 2 aliphatic rings. The van der Waals surface area contributed by atoms with E-state index in [1.54, 1.807) is 0 Å². The minimum atomic E-state index is 0.213. The van der Waals surface area contributed by atoms with Crippen molar-refractivity contribution in [1.82, 2.24) is 9.80 Å². The van der Waals surface area contributed by atoms with Gasteiger partial charge in [-0.3, -0.25) is 9.69 Å². The van der Waals surface area contributed by atoms with Crippen LogP contribution in [0.15, 0.2) is 83.0 Å². The molecule has 0 unspecified atom stereocenters. The number of carbonyl (C=O) groups excluding carboxylic acids is 1. The average Bonchev–Trinajstić information content (AvgIpc) is 2.72. The lowest BCUT2D eigenvalue weighted by molar-refractivity contribution is -0.113. The van der Waals surface area contributed by atoms with E-state index in [0.29, 0.717) is 6.54 Å². The van der Waals surface area contributed by atoms with Crippen molar-refractivity contribution in [2.24, 2.45) is 0 Å². The van der Waals surface area contributed by atoms with Crippen LogP contribution < -0.4 is 0 Å². The zero-order valence-electron chi connectivity index (χ0n) is 17.3. The largest absolute Gasteiger partial charge is 0.302 e. The van der Waals surface area contributed by atoms with E-state index in [2.05, 4.69) is 66.4 Å². The van der Waals surface area contributed by atoms with Crippen LogP contribution >= 0.6 is 0 Å². The molecule has 2 heterocycles. The number of hydrogen-bond acceptors (Lipinski definition) is 3. The highest BCUT2D eigenvalue weighted by Crippen LogP contribution is 2.31. The second-order valence-electron chi connectivity index (χ2n) is 8.11. The molecule has 0 spiro atoms. The maximum absolute atomic E-state index is 13.5. The third-order valence-electron chi connectivity index (χ3n) is 5.65. The van der Waals surface area contributed by atoms with Gasteiger partial charge in [-0.05, 0) is 48.9 Å². The van der Waals surface area contributed by atoms with Crippen LogP contribution in [0.4, 0.5) is 0 Å². The number of benzene rings is 2. The smallest absolute Gasteiger partial charge is 0.187 e. The van der Waals surface area contributed by atoms with Crippen LogP contribution in [0.1, 0.15) is 17.5 Å². The summed E-state index contributed by atoms with van der Waals surface area (Å²) in [6.07, 6.45) is 5.22. The third kappa shape index (κ3) is 4.64. The van der Waals surface area contributed by atoms with Gasteiger partial charge in [0.25, 0.3) is 0 Å². The lowest BCUT2D eigenvalue weighted by Crippen LogP contribution is -2.37. The Hall–Kier alpha value is -2.75. The van der Waals surface area contributed by atoms with Crippen molar-refractivity contribution in [1.29, 1.82) is 0 Å². The van der Waals surface area contributed by atoms with E-state index in [1.807, 2.05) is 30.3 Å². The van der Waals surface area contributed by atoms with Crippen molar-refractivity contribution in [3.63, 3.8) is 0 Å². The van der Waals surface area contributed by atoms with Crippen molar-refractivity contribution in [3.8, 4) is 0 Å². The Balaban J connectivity index is 1.75. The summed E-state index contributed by atoms with van der Waals surface area (Å²) in [5, 5.41) is 0. The van der Waals surface area contributed by atoms with E-state index in [9.17, 15) is 4.79 Å². The van der Waals surface area contributed by atoms with Crippen molar-refractivity contribution in [3.05, 3.63) is 94.1 Å². The fraction of sp³-hybridized carbons (Fsp3) is 0.269. The fourth-order valence-corrected chi connectivity index (χ4v) is 4.20. The maximum Gasteiger partial charge on any atom is 0.187 e. The number of likely N-dealkylation sites (tertiary alicyclic amines) is 2. The maximum atomic E-state index is 13.5. The monoisotopic (exact) mass is 384 g/mol. The summed E-state index contributed by atoms with van der Waals surface area (Å²) in [6, 6.07) is 20.5. The molecule has 0 aromatic heterocycles. The molecule has 0 radical (unpaired) electrons. The minimum Gasteiger partial charge on any atom is -0.302 e. The van der Waals surface area contributed by atoms with Crippen molar-refractivity contribution >= 4 is 17.9 Å². The summed E-state index contributed by atoms with van der Waals surface area (Å²) < 4.78 is 0. The lowest BCUT2D eigenvalue weighted by Gasteiger charge is -2.33. The Bertz CT molecular complexity index is 970. The van der Waals surface area contributed by atoms with Gasteiger partial charge in [0.05, 0.1) is 0 Å². The quantitative estimate of drug-likeness (QED) is 0.721. The van der Waals surface area contributed by atoms with Crippen LogP contribution in [0.5, 0.6) is 0 Å². The summed E-state index contributed by atoms with van der Waals surface area (Å²) in [7, 11) is 4.25. The zero-order chi connectivity index (χ0) is 20.2. The van der Waals surface area contributed by atoms with Crippen LogP contribution in [0, 0.1) is 0 Å². The number of piperidine rings is 2. The molecule has 148 valence electrons. The molecule has 29 heavy (non-hydrogen) atoms. The second kappa shape index (κ2) is 8.73. The van der Waals surface area contributed by atoms with Crippen LogP contribution in [-0.4, -0.2) is 55.9 Å². The molecule has 3 heteroatoms. The SMILES string of the molecule is CN1CCC(=C2/CN(C)C/C(=C\c3ccccc3)C2=O)/C(=C/c2ccccc2)C1. The van der Waals surface area contributed by atoms with Gasteiger partial charge in [-0.15, -0.1) is 0 Å². The molecule has 0 atom stereocenters. The van der Waals surface area contributed by atoms with Gasteiger partial charge in [0.2, 0.25) is 0 Å². The lowest BCUT2D eigenvalue weighted by atomic mass is 9.85. The molecule has 2 aliphatic heterocycles. The van der Waals surface area contributed by atoms with Crippen molar-refractivity contribution < 1.29 is 4.79 Å². The minimum absolute atomic E-state index is 0.213. The van der Waals surface area contributed by atoms with E-state index < -0.39 is 0 Å². The van der Waals surface area contributed by atoms with Crippen molar-refractivity contribution in [2.45, 2.75) is 6.42 Å². The number of nitrogens with zero attached hydrogens (tertiary/aromatic N) is 2. The van der Waals surface area contributed by atoms with Crippen LogP contribution in [0.25, 0.3) is 12.2 Å². The standard InChI is InChI=1S/C26H28N2O/c1-27-14-13-24(22(17-27)15-20-9-5-3-6-10-20)25-19-28(2)18-23(26(25)29)16-21-11-7-4-8-12-21/h3-12,15-16H,13-14,17-19H2,1-2H3/b22-15+,23-16+,25-24+. The summed E-state index contributed by atoms with van der Waals surface area (Å²) in [6.45, 7) is 3.28. The van der Waals surface area contributed by atoms with Gasteiger partial charge in [-0.25, -0.2) is 0 Å². The molecular formula is C26H28N2O. The number of Topliss-reactive ketones (excluding diaryl/α,β-unsaturated/α-hetero) is 1. The van der Waals surface area contributed by atoms with Gasteiger partial charge in [0, 0.05) is 37.3 Å². The van der Waals surface area contributed by atoms with Crippen LogP contribution in [0.3, 0.4) is 0 Å². The molecule has 2 fully saturated rings. The highest BCUT2D eigenvalue weighted by Gasteiger charge is 2.29. The first-order valence-corrected chi connectivity index (χ1v) is 10.3. The molecule has 0 amide bonds. The van der Waals surface area contributed by atoms with Gasteiger partial charge < -0.3 is 4.90 Å². The zero-order valence-corrected chi connectivity index (χ0v) is 17.3. The molecule has 2 saturated heterocycles. The van der Waals surface area contributed by atoms with E-state index in [-0.39, 0.29) is 5.78 Å². The Kier molecular flexibility index (Phi) is 5.89. The van der Waals surface area contributed by atoms with E-state index in [1.165, 1.54) is 16.7 Å². The number of likely N-dealkylation sites (N-methyl/N-ethyl adjacent to an activating group) is 2. The van der Waals surface area contributed by atoms with Crippen molar-refractivity contribution in [2.75, 3.05) is 40.3 Å². The first kappa shape index (κ1) is 19.6. The molecular weight excluding hydrogens is 356 g/mol. The topological polar surface area (TPSA) is 23.6 Å². The summed E-state index contributed by atoms with van der Waals surface area (Å²) in [4.78, 5) is 18.0. The normalized spacial score (nSPS) is 24.4. The molecule has 0 aliphatic carbocycles. The highest BCUT2D eigenvalue weighted by molar-refractivity contribution is 6.13. The number of hydrogen-bond donors (Lipinski definition) is 0. The van der Waals surface area contributed by atoms with E-state index >= 15 is 0 Å². The molecule has 4 rings (SSSR count). The fourth-order valence-electron chi connectivity index (χ4n) is 4.20. The summed E-state index contributed by atoms with van der Waals surface area (Å²) >= 11 is 0. The highest BCUT2D eigenvalue weighted by atomic mass is 16.1. The van der Waals surface area contributed by atoms with Gasteiger partial charge in [0.1, 0.15) is 0 Å². The van der Waals surface area contributed by atoms with E-state index in [4.69, 9.17) is 0 Å².